The van der Waals surface area contributed by atoms with Crippen molar-refractivity contribution in [2.75, 3.05) is 6.54 Å². The van der Waals surface area contributed by atoms with Gasteiger partial charge in [0.2, 0.25) is 0 Å². The Morgan fingerprint density at radius 1 is 1.20 bits per heavy atom. The molecule has 0 aliphatic carbocycles. The van der Waals surface area contributed by atoms with E-state index in [1.807, 2.05) is 0 Å². The lowest BCUT2D eigenvalue weighted by atomic mass is 10.1. The van der Waals surface area contributed by atoms with Gasteiger partial charge in [0.1, 0.15) is 0 Å². The number of rotatable bonds is 7. The zero-order chi connectivity index (χ0) is 11.7. The number of hydrogen-bond donors (Lipinski definition) is 2. The number of allylic oxidation sites excluding steroid dienone is 3. The average molecular weight is 210 g/mol. The highest BCUT2D eigenvalue weighted by molar-refractivity contribution is 5.02. The largest absolute Gasteiger partial charge is 0.330 e. The van der Waals surface area contributed by atoms with Gasteiger partial charge in [-0.3, -0.25) is 0 Å². The average Bonchev–Trinajstić information content (AvgIpc) is 2.14. The van der Waals surface area contributed by atoms with Crippen LogP contribution in [0.2, 0.25) is 0 Å². The fourth-order valence-corrected chi connectivity index (χ4v) is 1.38. The van der Waals surface area contributed by atoms with Gasteiger partial charge >= 0.3 is 0 Å². The highest BCUT2D eigenvalue weighted by Crippen LogP contribution is 2.08. The lowest BCUT2D eigenvalue weighted by Crippen LogP contribution is -2.22. The van der Waals surface area contributed by atoms with Crippen molar-refractivity contribution in [3.05, 3.63) is 23.3 Å². The first-order valence-electron chi connectivity index (χ1n) is 5.81. The van der Waals surface area contributed by atoms with E-state index in [0.29, 0.717) is 6.54 Å². The van der Waals surface area contributed by atoms with Crippen LogP contribution in [0.1, 0.15) is 46.5 Å². The molecule has 1 atom stereocenters. The minimum atomic E-state index is 0.230. The first kappa shape index (κ1) is 14.4. The molecular formula is C13H26N2. The Kier molecular flexibility index (Phi) is 8.34. The molecule has 0 aromatic rings. The predicted octanol–water partition coefficient (Wildman–Crippen LogP) is 2.75. The Hall–Kier alpha value is -0.600. The van der Waals surface area contributed by atoms with Crippen molar-refractivity contribution < 1.29 is 0 Å². The molecule has 0 heterocycles. The maximum absolute atomic E-state index is 5.87. The molecule has 0 saturated carbocycles. The molecule has 0 aliphatic heterocycles. The third kappa shape index (κ3) is 9.70. The zero-order valence-electron chi connectivity index (χ0n) is 10.4. The van der Waals surface area contributed by atoms with Gasteiger partial charge in [0, 0.05) is 6.04 Å². The third-order valence-corrected chi connectivity index (χ3v) is 2.40. The Labute approximate surface area is 94.4 Å². The van der Waals surface area contributed by atoms with E-state index in [4.69, 9.17) is 11.5 Å². The number of nitrogens with two attached hydrogens (primary N) is 2. The van der Waals surface area contributed by atoms with Gasteiger partial charge in [-0.25, -0.2) is 0 Å². The van der Waals surface area contributed by atoms with Crippen LogP contribution in [0.5, 0.6) is 0 Å². The van der Waals surface area contributed by atoms with Crippen LogP contribution in [0.25, 0.3) is 0 Å². The summed E-state index contributed by atoms with van der Waals surface area (Å²) in [7, 11) is 0. The first-order chi connectivity index (χ1) is 7.06. The molecule has 4 N–H and O–H groups in total. The summed E-state index contributed by atoms with van der Waals surface area (Å²) in [6, 6.07) is 0.230. The van der Waals surface area contributed by atoms with E-state index in [1.54, 1.807) is 0 Å². The second kappa shape index (κ2) is 8.69. The zero-order valence-corrected chi connectivity index (χ0v) is 10.4. The molecule has 0 aromatic carbocycles. The lowest BCUT2D eigenvalue weighted by molar-refractivity contribution is 0.627. The van der Waals surface area contributed by atoms with E-state index in [2.05, 4.69) is 32.9 Å². The molecule has 2 nitrogen and oxygen atoms in total. The summed E-state index contributed by atoms with van der Waals surface area (Å²) in [5.74, 6) is 0. The summed E-state index contributed by atoms with van der Waals surface area (Å²) in [6.45, 7) is 7.13. The summed E-state index contributed by atoms with van der Waals surface area (Å²) in [4.78, 5) is 0. The van der Waals surface area contributed by atoms with Crippen LogP contribution in [0.15, 0.2) is 23.3 Å². The Morgan fingerprint density at radius 2 is 1.87 bits per heavy atom. The molecule has 15 heavy (non-hydrogen) atoms. The number of hydrogen-bond acceptors (Lipinski definition) is 2. The minimum Gasteiger partial charge on any atom is -0.330 e. The molecular weight excluding hydrogens is 184 g/mol. The van der Waals surface area contributed by atoms with E-state index in [-0.39, 0.29) is 6.04 Å². The van der Waals surface area contributed by atoms with Gasteiger partial charge in [-0.2, -0.15) is 0 Å². The van der Waals surface area contributed by atoms with E-state index >= 15 is 0 Å². The molecule has 0 radical (unpaired) electrons. The summed E-state index contributed by atoms with van der Waals surface area (Å²) in [6.07, 6.45) is 8.67. The van der Waals surface area contributed by atoms with Crippen LogP contribution in [0.4, 0.5) is 0 Å². The lowest BCUT2D eigenvalue weighted by Gasteiger charge is -2.07. The molecule has 0 aromatic heterocycles. The molecule has 1 unspecified atom stereocenters. The fraction of sp³-hybridized carbons (Fsp3) is 0.692. The molecule has 0 aliphatic rings. The highest BCUT2D eigenvalue weighted by atomic mass is 14.6. The van der Waals surface area contributed by atoms with Crippen LogP contribution >= 0.6 is 0 Å². The second-order valence-electron chi connectivity index (χ2n) is 4.44. The van der Waals surface area contributed by atoms with Crippen LogP contribution in [0.3, 0.4) is 0 Å². The van der Waals surface area contributed by atoms with Crippen LogP contribution in [-0.4, -0.2) is 12.6 Å². The van der Waals surface area contributed by atoms with Crippen LogP contribution in [-0.2, 0) is 0 Å². The van der Waals surface area contributed by atoms with Crippen molar-refractivity contribution in [2.24, 2.45) is 11.5 Å². The monoisotopic (exact) mass is 210 g/mol. The Bertz CT molecular complexity index is 213. The summed E-state index contributed by atoms with van der Waals surface area (Å²) in [5, 5.41) is 0. The smallest absolute Gasteiger partial charge is 0.00855 e. The minimum absolute atomic E-state index is 0.230. The Balaban J connectivity index is 3.74. The van der Waals surface area contributed by atoms with Gasteiger partial charge in [-0.1, -0.05) is 23.3 Å². The summed E-state index contributed by atoms with van der Waals surface area (Å²) in [5.41, 5.74) is 14.1. The van der Waals surface area contributed by atoms with E-state index in [0.717, 1.165) is 25.7 Å². The predicted molar refractivity (Wildman–Crippen MR) is 68.7 cm³/mol. The van der Waals surface area contributed by atoms with E-state index in [9.17, 15) is 0 Å². The second-order valence-corrected chi connectivity index (χ2v) is 4.44. The summed E-state index contributed by atoms with van der Waals surface area (Å²) < 4.78 is 0. The van der Waals surface area contributed by atoms with Gasteiger partial charge in [-0.05, 0) is 53.0 Å². The van der Waals surface area contributed by atoms with Gasteiger partial charge in [-0.15, -0.1) is 0 Å². The molecule has 0 spiro atoms. The molecule has 88 valence electrons. The van der Waals surface area contributed by atoms with Crippen molar-refractivity contribution in [1.82, 2.24) is 0 Å². The fourth-order valence-electron chi connectivity index (χ4n) is 1.38. The molecule has 2 heteroatoms. The van der Waals surface area contributed by atoms with E-state index < -0.39 is 0 Å². The van der Waals surface area contributed by atoms with Gasteiger partial charge in [0.25, 0.3) is 0 Å². The Morgan fingerprint density at radius 3 is 2.40 bits per heavy atom. The third-order valence-electron chi connectivity index (χ3n) is 2.40. The van der Waals surface area contributed by atoms with Crippen molar-refractivity contribution in [2.45, 2.75) is 52.5 Å². The first-order valence-corrected chi connectivity index (χ1v) is 5.81. The van der Waals surface area contributed by atoms with Crippen molar-refractivity contribution in [1.29, 1.82) is 0 Å². The van der Waals surface area contributed by atoms with Crippen LogP contribution in [0, 0.1) is 0 Å². The maximum Gasteiger partial charge on any atom is 0.00855 e. The van der Waals surface area contributed by atoms with Crippen molar-refractivity contribution in [3.8, 4) is 0 Å². The highest BCUT2D eigenvalue weighted by Gasteiger charge is 1.98. The summed E-state index contributed by atoms with van der Waals surface area (Å²) >= 11 is 0. The molecule has 0 saturated heterocycles. The van der Waals surface area contributed by atoms with Crippen LogP contribution < -0.4 is 11.5 Å². The SMILES string of the molecule is CC(C)=CCCC(C)=CCC(N)CCN. The molecule has 0 amide bonds. The normalized spacial score (nSPS) is 13.8. The standard InChI is InChI=1S/C13H26N2/c1-11(2)5-4-6-12(3)7-8-13(15)9-10-14/h5,7,13H,4,6,8-10,14-15H2,1-3H3. The van der Waals surface area contributed by atoms with Gasteiger partial charge < -0.3 is 11.5 Å². The molecule has 0 rings (SSSR count). The van der Waals surface area contributed by atoms with Crippen molar-refractivity contribution >= 4 is 0 Å². The van der Waals surface area contributed by atoms with Gasteiger partial charge in [0.15, 0.2) is 0 Å². The molecule has 0 fully saturated rings. The van der Waals surface area contributed by atoms with Gasteiger partial charge in [0.05, 0.1) is 0 Å². The quantitative estimate of drug-likeness (QED) is 0.635. The molecule has 0 bridgehead atoms. The topological polar surface area (TPSA) is 52.0 Å². The van der Waals surface area contributed by atoms with E-state index in [1.165, 1.54) is 11.1 Å². The maximum atomic E-state index is 5.87. The van der Waals surface area contributed by atoms with Crippen molar-refractivity contribution in [3.63, 3.8) is 0 Å².